The molecule has 0 unspecified atom stereocenters. The highest BCUT2D eigenvalue weighted by Crippen LogP contribution is 2.31. The molecule has 0 fully saturated rings. The molecule has 202 valence electrons. The van der Waals surface area contributed by atoms with E-state index in [2.05, 4.69) is 19.2 Å². The van der Waals surface area contributed by atoms with Crippen molar-refractivity contribution in [1.82, 2.24) is 5.32 Å². The number of alkyl halides is 3. The van der Waals surface area contributed by atoms with Gasteiger partial charge in [-0.25, -0.2) is 0 Å². The van der Waals surface area contributed by atoms with E-state index in [1.807, 2.05) is 18.2 Å². The second-order valence-corrected chi connectivity index (χ2v) is 9.13. The molecule has 1 rings (SSSR count). The van der Waals surface area contributed by atoms with Crippen LogP contribution in [0.1, 0.15) is 51.5 Å². The molecule has 1 aromatic carbocycles. The number of amides is 1. The van der Waals surface area contributed by atoms with Crippen LogP contribution in [-0.2, 0) is 16.0 Å². The van der Waals surface area contributed by atoms with Crippen molar-refractivity contribution in [3.63, 3.8) is 0 Å². The lowest BCUT2D eigenvalue weighted by Gasteiger charge is -2.27. The number of aliphatic hydroxyl groups excluding tert-OH is 1. The Morgan fingerprint density at radius 3 is 2.46 bits per heavy atom. The van der Waals surface area contributed by atoms with E-state index >= 15 is 0 Å². The highest BCUT2D eigenvalue weighted by Gasteiger charge is 2.27. The number of methoxy groups -OCH3 is 2. The molecule has 0 saturated carbocycles. The number of benzene rings is 1. The molecule has 0 aliphatic carbocycles. The van der Waals surface area contributed by atoms with Gasteiger partial charge in [-0.2, -0.15) is 13.2 Å². The highest BCUT2D eigenvalue weighted by atomic mass is 19.4. The Kier molecular flexibility index (Phi) is 14.0. The van der Waals surface area contributed by atoms with Crippen LogP contribution >= 0.6 is 0 Å². The number of carbonyl (C=O) groups is 1. The second kappa shape index (κ2) is 15.9. The average molecular weight is 507 g/mol. The summed E-state index contributed by atoms with van der Waals surface area (Å²) in [5.41, 5.74) is 7.26. The molecule has 0 saturated heterocycles. The summed E-state index contributed by atoms with van der Waals surface area (Å²) in [6, 6.07) is 5.19. The van der Waals surface area contributed by atoms with Crippen molar-refractivity contribution in [1.29, 1.82) is 0 Å². The summed E-state index contributed by atoms with van der Waals surface area (Å²) in [7, 11) is 3.23. The number of nitrogens with two attached hydrogens (primary N) is 1. The highest BCUT2D eigenvalue weighted by molar-refractivity contribution is 5.75. The van der Waals surface area contributed by atoms with E-state index in [4.69, 9.17) is 19.9 Å². The Bertz CT molecular complexity index is 746. The molecule has 3 atom stereocenters. The minimum Gasteiger partial charge on any atom is -0.493 e. The number of carbonyl (C=O) groups excluding carboxylic acids is 1. The van der Waals surface area contributed by atoms with Crippen molar-refractivity contribution in [3.8, 4) is 11.5 Å². The Balaban J connectivity index is 2.64. The molecular formula is C25H41F3N2O5. The van der Waals surface area contributed by atoms with Crippen LogP contribution in [0.4, 0.5) is 13.2 Å². The first-order chi connectivity index (χ1) is 16.5. The van der Waals surface area contributed by atoms with Gasteiger partial charge < -0.3 is 30.4 Å². The Hall–Kier alpha value is -2.04. The Morgan fingerprint density at radius 2 is 1.86 bits per heavy atom. The van der Waals surface area contributed by atoms with Gasteiger partial charge in [-0.1, -0.05) is 19.9 Å². The minimum atomic E-state index is -4.28. The second-order valence-electron chi connectivity index (χ2n) is 9.13. The van der Waals surface area contributed by atoms with Crippen molar-refractivity contribution in [2.45, 2.75) is 70.7 Å². The number of hydrogen-bond donors (Lipinski definition) is 3. The first-order valence-corrected chi connectivity index (χ1v) is 12.0. The zero-order valence-corrected chi connectivity index (χ0v) is 21.2. The maximum absolute atomic E-state index is 12.2. The summed E-state index contributed by atoms with van der Waals surface area (Å²) in [4.78, 5) is 11.8. The van der Waals surface area contributed by atoms with Crippen LogP contribution in [0.3, 0.4) is 0 Å². The normalized spacial score (nSPS) is 14.5. The first-order valence-electron chi connectivity index (χ1n) is 12.0. The molecule has 35 heavy (non-hydrogen) atoms. The lowest BCUT2D eigenvalue weighted by molar-refractivity contribution is -0.137. The van der Waals surface area contributed by atoms with Gasteiger partial charge in [0.1, 0.15) is 0 Å². The fourth-order valence-corrected chi connectivity index (χ4v) is 3.65. The smallest absolute Gasteiger partial charge is 0.389 e. The molecule has 0 aromatic heterocycles. The standard InChI is InChI=1S/C25H41F3N2O5/c1-17(2)19(13-18-8-9-22(34-4)23(14-18)35-12-6-11-33-3)15-20(29)21(31)16-30-24(32)7-5-10-25(26,27)28/h8-9,14,17,19-21,31H,5-7,10-13,15-16,29H2,1-4H3,(H,30,32)/t19-,20-,21-/m0/s1. The van der Waals surface area contributed by atoms with Crippen LogP contribution in [0, 0.1) is 11.8 Å². The molecule has 4 N–H and O–H groups in total. The fourth-order valence-electron chi connectivity index (χ4n) is 3.65. The Labute approximate surface area is 206 Å². The van der Waals surface area contributed by atoms with Crippen molar-refractivity contribution in [2.75, 3.05) is 34.0 Å². The topological polar surface area (TPSA) is 103 Å². The fraction of sp³-hybridized carbons (Fsp3) is 0.720. The van der Waals surface area contributed by atoms with E-state index in [0.29, 0.717) is 37.6 Å². The molecule has 0 heterocycles. The summed E-state index contributed by atoms with van der Waals surface area (Å²) in [5.74, 6) is 1.19. The van der Waals surface area contributed by atoms with E-state index < -0.39 is 30.7 Å². The van der Waals surface area contributed by atoms with Crippen molar-refractivity contribution < 1.29 is 37.3 Å². The quantitative estimate of drug-likeness (QED) is 0.277. The largest absolute Gasteiger partial charge is 0.493 e. The van der Waals surface area contributed by atoms with Crippen LogP contribution < -0.4 is 20.5 Å². The average Bonchev–Trinajstić information content (AvgIpc) is 2.79. The van der Waals surface area contributed by atoms with E-state index in [1.54, 1.807) is 14.2 Å². The van der Waals surface area contributed by atoms with E-state index in [-0.39, 0.29) is 31.2 Å². The monoisotopic (exact) mass is 506 g/mol. The maximum Gasteiger partial charge on any atom is 0.389 e. The van der Waals surface area contributed by atoms with Crippen molar-refractivity contribution in [3.05, 3.63) is 23.8 Å². The summed E-state index contributed by atoms with van der Waals surface area (Å²) < 4.78 is 52.9. The summed E-state index contributed by atoms with van der Waals surface area (Å²) in [6.07, 6.45) is -4.85. The minimum absolute atomic E-state index is 0.0984. The number of ether oxygens (including phenoxy) is 3. The van der Waals surface area contributed by atoms with Gasteiger partial charge in [0.25, 0.3) is 0 Å². The molecule has 0 radical (unpaired) electrons. The molecule has 7 nitrogen and oxygen atoms in total. The maximum atomic E-state index is 12.2. The third-order valence-electron chi connectivity index (χ3n) is 5.86. The summed E-state index contributed by atoms with van der Waals surface area (Å²) in [6.45, 7) is 5.17. The first kappa shape index (κ1) is 31.0. The molecule has 1 amide bonds. The van der Waals surface area contributed by atoms with Gasteiger partial charge in [0.2, 0.25) is 5.91 Å². The molecule has 0 bridgehead atoms. The van der Waals surface area contributed by atoms with Gasteiger partial charge in [0.05, 0.1) is 19.8 Å². The van der Waals surface area contributed by atoms with Crippen LogP contribution in [0.15, 0.2) is 18.2 Å². The van der Waals surface area contributed by atoms with Crippen molar-refractivity contribution in [2.24, 2.45) is 17.6 Å². The zero-order chi connectivity index (χ0) is 26.4. The van der Waals surface area contributed by atoms with Crippen LogP contribution in [0.2, 0.25) is 0 Å². The van der Waals surface area contributed by atoms with Gasteiger partial charge in [0, 0.05) is 45.6 Å². The van der Waals surface area contributed by atoms with E-state index in [1.165, 1.54) is 0 Å². The van der Waals surface area contributed by atoms with Gasteiger partial charge in [-0.3, -0.25) is 4.79 Å². The lowest BCUT2D eigenvalue weighted by Crippen LogP contribution is -2.44. The number of rotatable bonds is 17. The third kappa shape index (κ3) is 13.0. The Morgan fingerprint density at radius 1 is 1.14 bits per heavy atom. The van der Waals surface area contributed by atoms with Crippen LogP contribution in [0.25, 0.3) is 0 Å². The predicted octanol–water partition coefficient (Wildman–Crippen LogP) is 3.85. The molecule has 1 aromatic rings. The molecule has 0 aliphatic heterocycles. The zero-order valence-electron chi connectivity index (χ0n) is 21.2. The third-order valence-corrected chi connectivity index (χ3v) is 5.86. The predicted molar refractivity (Wildman–Crippen MR) is 129 cm³/mol. The summed E-state index contributed by atoms with van der Waals surface area (Å²) >= 11 is 0. The lowest BCUT2D eigenvalue weighted by atomic mass is 9.83. The number of halogens is 3. The van der Waals surface area contributed by atoms with Crippen molar-refractivity contribution >= 4 is 5.91 Å². The molecule has 10 heteroatoms. The number of aliphatic hydroxyl groups is 1. The molecule has 0 spiro atoms. The number of hydrogen-bond acceptors (Lipinski definition) is 6. The van der Waals surface area contributed by atoms with Crippen LogP contribution in [-0.4, -0.2) is 63.3 Å². The molecule has 0 aliphatic rings. The van der Waals surface area contributed by atoms with Crippen LogP contribution in [0.5, 0.6) is 11.5 Å². The van der Waals surface area contributed by atoms with Gasteiger partial charge in [-0.15, -0.1) is 0 Å². The SMILES string of the molecule is COCCCOc1cc(C[C@@H](C[C@H](N)[C@@H](O)CNC(=O)CCCC(F)(F)F)C(C)C)ccc1OC. The van der Waals surface area contributed by atoms with E-state index in [0.717, 1.165) is 12.0 Å². The van der Waals surface area contributed by atoms with Gasteiger partial charge in [0.15, 0.2) is 11.5 Å². The van der Waals surface area contributed by atoms with Gasteiger partial charge in [-0.05, 0) is 48.8 Å². The number of nitrogens with one attached hydrogen (secondary N) is 1. The molecular weight excluding hydrogens is 465 g/mol. The van der Waals surface area contributed by atoms with E-state index in [9.17, 15) is 23.1 Å². The van der Waals surface area contributed by atoms with Gasteiger partial charge >= 0.3 is 6.18 Å². The summed E-state index contributed by atoms with van der Waals surface area (Å²) in [5, 5.41) is 12.9.